The number of carbonyl (C=O) groups excluding carboxylic acids is 1. The highest BCUT2D eigenvalue weighted by Crippen LogP contribution is 1.99. The maximum Gasteiger partial charge on any atom is 0.335 e. The molecule has 7 heteroatoms. The summed E-state index contributed by atoms with van der Waals surface area (Å²) in [6.45, 7) is 1.24. The van der Waals surface area contributed by atoms with E-state index in [0.717, 1.165) is 12.3 Å². The van der Waals surface area contributed by atoms with Crippen LogP contribution in [-0.4, -0.2) is 34.2 Å². The summed E-state index contributed by atoms with van der Waals surface area (Å²) >= 11 is 0. The molecule has 0 bridgehead atoms. The third-order valence-corrected chi connectivity index (χ3v) is 2.00. The average molecular weight is 241 g/mol. The van der Waals surface area contributed by atoms with Gasteiger partial charge in [0.15, 0.2) is 6.04 Å². The number of aliphatic hydroxyl groups excluding tert-OH is 1. The van der Waals surface area contributed by atoms with Crippen molar-refractivity contribution in [2.75, 3.05) is 0 Å². The number of amides is 1. The summed E-state index contributed by atoms with van der Waals surface area (Å²) in [7, 11) is 0. The maximum absolute atomic E-state index is 11.5. The Morgan fingerprint density at radius 1 is 1.41 bits per heavy atom. The number of rotatable bonds is 4. The summed E-state index contributed by atoms with van der Waals surface area (Å²) in [5.74, 6) is -2.10. The lowest BCUT2D eigenvalue weighted by atomic mass is 10.1. The highest BCUT2D eigenvalue weighted by Gasteiger charge is 2.25. The van der Waals surface area contributed by atoms with Crippen LogP contribution in [0.5, 0.6) is 0 Å². The number of carboxylic acid groups (broad SMARTS) is 1. The SMILES string of the molecule is CC(O)C(NC(=O)c1ccc(=O)oc1)C(=O)O. The first-order chi connectivity index (χ1) is 7.91. The minimum atomic E-state index is -1.42. The Kier molecular flexibility index (Phi) is 4.00. The lowest BCUT2D eigenvalue weighted by molar-refractivity contribution is -0.141. The zero-order valence-corrected chi connectivity index (χ0v) is 8.91. The van der Waals surface area contributed by atoms with E-state index < -0.39 is 29.6 Å². The van der Waals surface area contributed by atoms with Crippen molar-refractivity contribution in [3.63, 3.8) is 0 Å². The number of nitrogens with one attached hydrogen (secondary N) is 1. The van der Waals surface area contributed by atoms with E-state index in [-0.39, 0.29) is 5.56 Å². The fourth-order valence-electron chi connectivity index (χ4n) is 1.10. The van der Waals surface area contributed by atoms with Crippen LogP contribution in [0.1, 0.15) is 17.3 Å². The first kappa shape index (κ1) is 12.9. The molecule has 1 aromatic heterocycles. The predicted molar refractivity (Wildman–Crippen MR) is 55.5 cm³/mol. The van der Waals surface area contributed by atoms with Crippen LogP contribution in [0, 0.1) is 0 Å². The second kappa shape index (κ2) is 5.26. The molecule has 7 nitrogen and oxygen atoms in total. The van der Waals surface area contributed by atoms with Gasteiger partial charge >= 0.3 is 11.6 Å². The molecule has 0 aliphatic rings. The molecular formula is C10H11NO6. The van der Waals surface area contributed by atoms with Gasteiger partial charge in [0.05, 0.1) is 11.7 Å². The Labute approximate surface area is 95.7 Å². The van der Waals surface area contributed by atoms with E-state index >= 15 is 0 Å². The Hall–Kier alpha value is -2.15. The lowest BCUT2D eigenvalue weighted by Gasteiger charge is -2.16. The van der Waals surface area contributed by atoms with Crippen molar-refractivity contribution < 1.29 is 24.2 Å². The van der Waals surface area contributed by atoms with Crippen molar-refractivity contribution in [3.8, 4) is 0 Å². The van der Waals surface area contributed by atoms with Gasteiger partial charge in [-0.25, -0.2) is 9.59 Å². The molecule has 92 valence electrons. The largest absolute Gasteiger partial charge is 0.480 e. The minimum Gasteiger partial charge on any atom is -0.480 e. The smallest absolute Gasteiger partial charge is 0.335 e. The summed E-state index contributed by atoms with van der Waals surface area (Å²) in [5, 5.41) is 20.0. The number of aliphatic carboxylic acids is 1. The summed E-state index contributed by atoms with van der Waals surface area (Å²) in [6.07, 6.45) is -0.328. The summed E-state index contributed by atoms with van der Waals surface area (Å²) in [4.78, 5) is 32.9. The second-order valence-electron chi connectivity index (χ2n) is 3.37. The van der Waals surface area contributed by atoms with Gasteiger partial charge < -0.3 is 19.9 Å². The fourth-order valence-corrected chi connectivity index (χ4v) is 1.10. The van der Waals surface area contributed by atoms with Gasteiger partial charge in [-0.15, -0.1) is 0 Å². The summed E-state index contributed by atoms with van der Waals surface area (Å²) in [5.41, 5.74) is -0.622. The van der Waals surface area contributed by atoms with Crippen LogP contribution in [0.3, 0.4) is 0 Å². The van der Waals surface area contributed by atoms with Crippen LogP contribution in [0.25, 0.3) is 0 Å². The molecule has 0 aromatic carbocycles. The van der Waals surface area contributed by atoms with Gasteiger partial charge in [0.1, 0.15) is 6.26 Å². The Bertz CT molecular complexity index is 457. The zero-order chi connectivity index (χ0) is 13.0. The van der Waals surface area contributed by atoms with Crippen molar-refractivity contribution in [1.82, 2.24) is 5.32 Å². The topological polar surface area (TPSA) is 117 Å². The van der Waals surface area contributed by atoms with Gasteiger partial charge in [-0.3, -0.25) is 4.79 Å². The number of aliphatic hydroxyl groups is 1. The maximum atomic E-state index is 11.5. The predicted octanol–water partition coefficient (Wildman–Crippen LogP) is -0.796. The third kappa shape index (κ3) is 3.42. The minimum absolute atomic E-state index is 0.00324. The number of carbonyl (C=O) groups is 2. The molecule has 1 rings (SSSR count). The van der Waals surface area contributed by atoms with Gasteiger partial charge in [0.2, 0.25) is 0 Å². The summed E-state index contributed by atoms with van der Waals surface area (Å²) in [6, 6.07) is 0.810. The van der Waals surface area contributed by atoms with Gasteiger partial charge in [-0.1, -0.05) is 0 Å². The Morgan fingerprint density at radius 3 is 2.47 bits per heavy atom. The van der Waals surface area contributed by atoms with E-state index in [2.05, 4.69) is 9.73 Å². The average Bonchev–Trinajstić information content (AvgIpc) is 2.25. The molecule has 1 amide bonds. The number of carboxylic acids is 1. The molecule has 17 heavy (non-hydrogen) atoms. The van der Waals surface area contributed by atoms with E-state index in [1.807, 2.05) is 0 Å². The normalized spacial score (nSPS) is 13.8. The van der Waals surface area contributed by atoms with Crippen LogP contribution in [0.2, 0.25) is 0 Å². The lowest BCUT2D eigenvalue weighted by Crippen LogP contribution is -2.47. The van der Waals surface area contributed by atoms with E-state index in [1.165, 1.54) is 13.0 Å². The van der Waals surface area contributed by atoms with E-state index in [4.69, 9.17) is 10.2 Å². The number of hydrogen-bond donors (Lipinski definition) is 3. The van der Waals surface area contributed by atoms with Crippen molar-refractivity contribution in [1.29, 1.82) is 0 Å². The molecule has 1 heterocycles. The summed E-state index contributed by atoms with van der Waals surface area (Å²) < 4.78 is 4.46. The molecule has 3 N–H and O–H groups in total. The molecule has 0 aliphatic carbocycles. The molecular weight excluding hydrogens is 230 g/mol. The Balaban J connectivity index is 2.81. The quantitative estimate of drug-likeness (QED) is 0.635. The van der Waals surface area contributed by atoms with Crippen LogP contribution in [-0.2, 0) is 4.79 Å². The second-order valence-corrected chi connectivity index (χ2v) is 3.37. The molecule has 2 atom stereocenters. The monoisotopic (exact) mass is 241 g/mol. The third-order valence-electron chi connectivity index (χ3n) is 2.00. The highest BCUT2D eigenvalue weighted by molar-refractivity contribution is 5.96. The molecule has 0 radical (unpaired) electrons. The standard InChI is InChI=1S/C10H11NO6/c1-5(12)8(10(15)16)11-9(14)6-2-3-7(13)17-4-6/h2-5,8,12H,1H3,(H,11,14)(H,15,16). The molecule has 2 unspecified atom stereocenters. The Morgan fingerprint density at radius 2 is 2.06 bits per heavy atom. The van der Waals surface area contributed by atoms with E-state index in [0.29, 0.717) is 0 Å². The molecule has 0 saturated carbocycles. The van der Waals surface area contributed by atoms with E-state index in [1.54, 1.807) is 0 Å². The fraction of sp³-hybridized carbons (Fsp3) is 0.300. The zero-order valence-electron chi connectivity index (χ0n) is 8.91. The van der Waals surface area contributed by atoms with Gasteiger partial charge in [-0.2, -0.15) is 0 Å². The molecule has 0 saturated heterocycles. The van der Waals surface area contributed by atoms with Gasteiger partial charge in [0, 0.05) is 6.07 Å². The molecule has 1 aromatic rings. The first-order valence-corrected chi connectivity index (χ1v) is 4.72. The van der Waals surface area contributed by atoms with Crippen LogP contribution in [0.4, 0.5) is 0 Å². The van der Waals surface area contributed by atoms with Crippen LogP contribution < -0.4 is 10.9 Å². The molecule has 0 fully saturated rings. The van der Waals surface area contributed by atoms with Crippen molar-refractivity contribution in [3.05, 3.63) is 34.4 Å². The molecule has 0 aliphatic heterocycles. The van der Waals surface area contributed by atoms with Gasteiger partial charge in [-0.05, 0) is 13.0 Å². The van der Waals surface area contributed by atoms with Crippen LogP contribution in [0.15, 0.2) is 27.6 Å². The molecule has 0 spiro atoms. The van der Waals surface area contributed by atoms with Crippen molar-refractivity contribution in [2.45, 2.75) is 19.1 Å². The van der Waals surface area contributed by atoms with Crippen LogP contribution >= 0.6 is 0 Å². The highest BCUT2D eigenvalue weighted by atomic mass is 16.4. The van der Waals surface area contributed by atoms with E-state index in [9.17, 15) is 14.4 Å². The number of hydrogen-bond acceptors (Lipinski definition) is 5. The van der Waals surface area contributed by atoms with Crippen molar-refractivity contribution in [2.24, 2.45) is 0 Å². The first-order valence-electron chi connectivity index (χ1n) is 4.72. The van der Waals surface area contributed by atoms with Crippen molar-refractivity contribution >= 4 is 11.9 Å². The van der Waals surface area contributed by atoms with Gasteiger partial charge in [0.25, 0.3) is 5.91 Å².